The van der Waals surface area contributed by atoms with E-state index in [2.05, 4.69) is 15.9 Å². The summed E-state index contributed by atoms with van der Waals surface area (Å²) in [6.45, 7) is 1.98. The maximum atomic E-state index is 12.9. The van der Waals surface area contributed by atoms with Gasteiger partial charge in [0.2, 0.25) is 11.9 Å². The van der Waals surface area contributed by atoms with Crippen LogP contribution in [0.4, 0.5) is 0 Å². The highest BCUT2D eigenvalue weighted by Gasteiger charge is 2.30. The number of fused-ring (bicyclic) bond motifs is 1. The summed E-state index contributed by atoms with van der Waals surface area (Å²) in [4.78, 5) is 25.4. The Morgan fingerprint density at radius 2 is 1.88 bits per heavy atom. The number of benzene rings is 3. The molecule has 0 unspecified atom stereocenters. The molecule has 3 aromatic carbocycles. The molecule has 0 amide bonds. The second-order valence-corrected chi connectivity index (χ2v) is 8.06. The first-order valence-electron chi connectivity index (χ1n) is 10.3. The summed E-state index contributed by atoms with van der Waals surface area (Å²) in [5, 5.41) is 0. The van der Waals surface area contributed by atoms with Gasteiger partial charge in [0.15, 0.2) is 5.76 Å². The van der Waals surface area contributed by atoms with Crippen LogP contribution in [0.2, 0.25) is 0 Å². The Labute approximate surface area is 199 Å². The molecule has 0 spiro atoms. The van der Waals surface area contributed by atoms with E-state index >= 15 is 0 Å². The lowest BCUT2D eigenvalue weighted by Crippen LogP contribution is -2.21. The third-order valence-electron chi connectivity index (χ3n) is 4.98. The zero-order valence-corrected chi connectivity index (χ0v) is 19.6. The number of halogens is 1. The van der Waals surface area contributed by atoms with Gasteiger partial charge in [-0.2, -0.15) is 0 Å². The predicted octanol–water partition coefficient (Wildman–Crippen LogP) is 5.76. The predicted molar refractivity (Wildman–Crippen MR) is 127 cm³/mol. The molecule has 0 saturated heterocycles. The number of esters is 1. The van der Waals surface area contributed by atoms with E-state index in [1.165, 1.54) is 0 Å². The molecule has 4 rings (SSSR count). The Morgan fingerprint density at radius 1 is 1.09 bits per heavy atom. The molecule has 7 heteroatoms. The van der Waals surface area contributed by atoms with Crippen LogP contribution in [0, 0.1) is 0 Å². The summed E-state index contributed by atoms with van der Waals surface area (Å²) in [7, 11) is 1.56. The number of hydrogen-bond acceptors (Lipinski definition) is 6. The molecule has 0 aliphatic carbocycles. The Morgan fingerprint density at radius 3 is 2.61 bits per heavy atom. The minimum absolute atomic E-state index is 0.170. The molecule has 0 radical (unpaired) electrons. The van der Waals surface area contributed by atoms with Crippen LogP contribution >= 0.6 is 15.9 Å². The minimum Gasteiger partial charge on any atom is -0.496 e. The van der Waals surface area contributed by atoms with Crippen LogP contribution in [-0.4, -0.2) is 25.5 Å². The molecule has 6 nitrogen and oxygen atoms in total. The van der Waals surface area contributed by atoms with Crippen molar-refractivity contribution in [3.05, 3.63) is 93.7 Å². The quantitative estimate of drug-likeness (QED) is 0.298. The second kappa shape index (κ2) is 9.92. The molecule has 1 heterocycles. The topological polar surface area (TPSA) is 71.1 Å². The van der Waals surface area contributed by atoms with Crippen molar-refractivity contribution in [3.8, 4) is 17.2 Å². The number of carbonyl (C=O) groups excluding carboxylic acids is 2. The van der Waals surface area contributed by atoms with Crippen molar-refractivity contribution < 1.29 is 28.5 Å². The number of carbonyl (C=O) groups is 2. The number of rotatable bonds is 7. The number of Topliss-reactive ketones (excluding diaryl/α,β-unsaturated/α-hetero) is 1. The number of methoxy groups -OCH3 is 1. The van der Waals surface area contributed by atoms with Gasteiger partial charge in [-0.15, -0.1) is 0 Å². The van der Waals surface area contributed by atoms with E-state index in [9.17, 15) is 9.59 Å². The Kier molecular flexibility index (Phi) is 6.79. The van der Waals surface area contributed by atoms with Crippen molar-refractivity contribution >= 4 is 33.8 Å². The number of ketones is 1. The van der Waals surface area contributed by atoms with Crippen LogP contribution in [0.25, 0.3) is 6.08 Å². The fraction of sp³-hybridized carbons (Fsp3) is 0.154. The largest absolute Gasteiger partial charge is 0.496 e. The van der Waals surface area contributed by atoms with E-state index in [1.807, 2.05) is 30.3 Å². The maximum Gasteiger partial charge on any atom is 0.352 e. The average Bonchev–Trinajstić information content (AvgIpc) is 3.12. The molecule has 1 atom stereocenters. The zero-order chi connectivity index (χ0) is 23.4. The summed E-state index contributed by atoms with van der Waals surface area (Å²) in [5.41, 5.74) is 1.77. The summed E-state index contributed by atoms with van der Waals surface area (Å²) in [6, 6.07) is 19.4. The normalized spacial score (nSPS) is 14.4. The van der Waals surface area contributed by atoms with Gasteiger partial charge in [0.25, 0.3) is 0 Å². The monoisotopic (exact) mass is 508 g/mol. The summed E-state index contributed by atoms with van der Waals surface area (Å²) in [5.74, 6) is 0.774. The first-order chi connectivity index (χ1) is 16.0. The van der Waals surface area contributed by atoms with Gasteiger partial charge in [0.05, 0.1) is 19.3 Å². The molecule has 0 bridgehead atoms. The number of allylic oxidation sites excluding steroid dienone is 1. The highest BCUT2D eigenvalue weighted by Crippen LogP contribution is 2.37. The summed E-state index contributed by atoms with van der Waals surface area (Å²) in [6.07, 6.45) is 0.694. The van der Waals surface area contributed by atoms with Gasteiger partial charge in [-0.3, -0.25) is 4.79 Å². The summed E-state index contributed by atoms with van der Waals surface area (Å²) < 4.78 is 23.2. The van der Waals surface area contributed by atoms with Gasteiger partial charge in [-0.05, 0) is 43.3 Å². The number of ether oxygens (including phenoxy) is 4. The zero-order valence-electron chi connectivity index (χ0n) is 18.0. The van der Waals surface area contributed by atoms with Crippen molar-refractivity contribution in [2.75, 3.05) is 13.7 Å². The molecule has 1 aliphatic rings. The molecule has 3 aromatic rings. The van der Waals surface area contributed by atoms with Crippen LogP contribution in [0.1, 0.15) is 34.5 Å². The molecule has 0 N–H and O–H groups in total. The molecule has 168 valence electrons. The lowest BCUT2D eigenvalue weighted by atomic mass is 10.1. The molecular formula is C26H21BrO6. The molecule has 0 fully saturated rings. The fourth-order valence-electron chi connectivity index (χ4n) is 3.43. The van der Waals surface area contributed by atoms with Crippen molar-refractivity contribution in [2.24, 2.45) is 0 Å². The third kappa shape index (κ3) is 4.93. The summed E-state index contributed by atoms with van der Waals surface area (Å²) >= 11 is 3.43. The third-order valence-corrected chi connectivity index (χ3v) is 5.47. The van der Waals surface area contributed by atoms with Crippen molar-refractivity contribution in [1.29, 1.82) is 0 Å². The van der Waals surface area contributed by atoms with Gasteiger partial charge >= 0.3 is 5.97 Å². The standard InChI is InChI=1S/C26H21BrO6/c1-3-31-26(29)25(16-7-5-4-6-8-16)32-19-10-11-20-22(15-19)33-23(24(20)28)14-17-13-18(27)9-12-21(17)30-2/h4-15,25H,3H2,1-2H3/b23-14-/t25-/m1/s1. The van der Waals surface area contributed by atoms with E-state index in [4.69, 9.17) is 18.9 Å². The molecular weight excluding hydrogens is 488 g/mol. The second-order valence-electron chi connectivity index (χ2n) is 7.14. The van der Waals surface area contributed by atoms with Gasteiger partial charge in [-0.25, -0.2) is 4.79 Å². The highest BCUT2D eigenvalue weighted by molar-refractivity contribution is 9.10. The van der Waals surface area contributed by atoms with E-state index in [0.29, 0.717) is 33.9 Å². The fourth-order valence-corrected chi connectivity index (χ4v) is 3.81. The van der Waals surface area contributed by atoms with Crippen LogP contribution < -0.4 is 14.2 Å². The average molecular weight is 509 g/mol. The van der Waals surface area contributed by atoms with Crippen LogP contribution in [0.3, 0.4) is 0 Å². The minimum atomic E-state index is -0.942. The van der Waals surface area contributed by atoms with Crippen LogP contribution in [-0.2, 0) is 9.53 Å². The molecule has 1 aliphatic heterocycles. The van der Waals surface area contributed by atoms with Crippen molar-refractivity contribution in [1.82, 2.24) is 0 Å². The van der Waals surface area contributed by atoms with E-state index < -0.39 is 12.1 Å². The van der Waals surface area contributed by atoms with E-state index in [0.717, 1.165) is 4.47 Å². The lowest BCUT2D eigenvalue weighted by molar-refractivity contribution is -0.151. The molecule has 0 saturated carbocycles. The number of hydrogen-bond donors (Lipinski definition) is 0. The first-order valence-corrected chi connectivity index (χ1v) is 11.1. The van der Waals surface area contributed by atoms with E-state index in [1.54, 1.807) is 56.5 Å². The molecule has 33 heavy (non-hydrogen) atoms. The van der Waals surface area contributed by atoms with Gasteiger partial charge < -0.3 is 18.9 Å². The van der Waals surface area contributed by atoms with Crippen LogP contribution in [0.15, 0.2) is 77.0 Å². The Hall–Kier alpha value is -3.58. The van der Waals surface area contributed by atoms with E-state index in [-0.39, 0.29) is 18.1 Å². The SMILES string of the molecule is CCOC(=O)[C@H](Oc1ccc2c(c1)O/C(=C\c1cc(Br)ccc1OC)C2=O)c1ccccc1. The van der Waals surface area contributed by atoms with Gasteiger partial charge in [0.1, 0.15) is 17.2 Å². The van der Waals surface area contributed by atoms with Crippen molar-refractivity contribution in [2.45, 2.75) is 13.0 Å². The molecule has 0 aromatic heterocycles. The lowest BCUT2D eigenvalue weighted by Gasteiger charge is -2.18. The van der Waals surface area contributed by atoms with Crippen LogP contribution in [0.5, 0.6) is 17.2 Å². The van der Waals surface area contributed by atoms with Gasteiger partial charge in [-0.1, -0.05) is 46.3 Å². The Bertz CT molecular complexity index is 1220. The Balaban J connectivity index is 1.61. The highest BCUT2D eigenvalue weighted by atomic mass is 79.9. The maximum absolute atomic E-state index is 12.9. The first kappa shape index (κ1) is 22.6. The van der Waals surface area contributed by atoms with Crippen molar-refractivity contribution in [3.63, 3.8) is 0 Å². The van der Waals surface area contributed by atoms with Gasteiger partial charge in [0, 0.05) is 21.7 Å². The smallest absolute Gasteiger partial charge is 0.352 e.